The second kappa shape index (κ2) is 3.62. The lowest BCUT2D eigenvalue weighted by atomic mass is 10.2. The van der Waals surface area contributed by atoms with Crippen LogP contribution in [0.2, 0.25) is 0 Å². The monoisotopic (exact) mass is 184 g/mol. The number of nitrogens with zero attached hydrogens (tertiary/aromatic N) is 1. The molecule has 0 saturated heterocycles. The number of para-hydroxylation sites is 1. The van der Waals surface area contributed by atoms with Gasteiger partial charge in [0.2, 0.25) is 5.69 Å². The van der Waals surface area contributed by atoms with Crippen molar-refractivity contribution in [3.8, 4) is 5.69 Å². The van der Waals surface area contributed by atoms with Crippen LogP contribution in [-0.4, -0.2) is 0 Å². The zero-order chi connectivity index (χ0) is 9.97. The maximum Gasteiger partial charge on any atom is 0.210 e. The molecule has 0 aliphatic carbocycles. The number of aromatic nitrogens is 1. The highest BCUT2D eigenvalue weighted by molar-refractivity contribution is 5.23. The molecule has 1 nitrogen and oxygen atoms in total. The van der Waals surface area contributed by atoms with E-state index in [0.717, 1.165) is 0 Å². The fourth-order valence-electron chi connectivity index (χ4n) is 1.66. The SMILES string of the molecule is Cc1cc(C)c[n+](-c2ccccc2)c1. The first-order chi connectivity index (χ1) is 6.75. The van der Waals surface area contributed by atoms with Gasteiger partial charge in [-0.1, -0.05) is 18.2 Å². The molecule has 0 aliphatic heterocycles. The Bertz CT molecular complexity index is 412. The van der Waals surface area contributed by atoms with Gasteiger partial charge in [-0.2, -0.15) is 4.57 Å². The molecule has 0 aliphatic rings. The molecule has 1 aromatic carbocycles. The maximum atomic E-state index is 2.18. The van der Waals surface area contributed by atoms with Gasteiger partial charge >= 0.3 is 0 Å². The summed E-state index contributed by atoms with van der Waals surface area (Å²) in [5.41, 5.74) is 3.78. The molecular weight excluding hydrogens is 170 g/mol. The summed E-state index contributed by atoms with van der Waals surface area (Å²) in [7, 11) is 0. The molecular formula is C13H14N+. The summed E-state index contributed by atoms with van der Waals surface area (Å²) in [4.78, 5) is 0. The number of hydrogen-bond acceptors (Lipinski definition) is 0. The van der Waals surface area contributed by atoms with Crippen molar-refractivity contribution in [2.75, 3.05) is 0 Å². The quantitative estimate of drug-likeness (QED) is 0.600. The van der Waals surface area contributed by atoms with E-state index in [1.54, 1.807) is 0 Å². The van der Waals surface area contributed by atoms with Gasteiger partial charge in [0.25, 0.3) is 0 Å². The van der Waals surface area contributed by atoms with Crippen LogP contribution in [0.15, 0.2) is 48.8 Å². The predicted octanol–water partition coefficient (Wildman–Crippen LogP) is 2.58. The van der Waals surface area contributed by atoms with Gasteiger partial charge < -0.3 is 0 Å². The second-order valence-electron chi connectivity index (χ2n) is 3.63. The van der Waals surface area contributed by atoms with Gasteiger partial charge in [0.15, 0.2) is 12.4 Å². The molecule has 0 amide bonds. The van der Waals surface area contributed by atoms with Gasteiger partial charge in [-0.25, -0.2) is 0 Å². The lowest BCUT2D eigenvalue weighted by molar-refractivity contribution is -0.596. The molecule has 0 radical (unpaired) electrons. The minimum absolute atomic E-state index is 1.21. The Hall–Kier alpha value is -1.63. The maximum absolute atomic E-state index is 2.18. The summed E-state index contributed by atoms with van der Waals surface area (Å²) in [6.07, 6.45) is 4.28. The van der Waals surface area contributed by atoms with E-state index >= 15 is 0 Å². The zero-order valence-corrected chi connectivity index (χ0v) is 8.57. The zero-order valence-electron chi connectivity index (χ0n) is 8.57. The van der Waals surface area contributed by atoms with E-state index in [1.807, 2.05) is 6.07 Å². The first kappa shape index (κ1) is 8.95. The Morgan fingerprint density at radius 1 is 0.857 bits per heavy atom. The van der Waals surface area contributed by atoms with Crippen molar-refractivity contribution in [3.05, 3.63) is 59.9 Å². The molecule has 0 atom stereocenters. The van der Waals surface area contributed by atoms with Gasteiger partial charge in [-0.15, -0.1) is 0 Å². The Morgan fingerprint density at radius 2 is 1.43 bits per heavy atom. The molecule has 14 heavy (non-hydrogen) atoms. The highest BCUT2D eigenvalue weighted by Gasteiger charge is 2.05. The summed E-state index contributed by atoms with van der Waals surface area (Å²) in [6, 6.07) is 12.5. The Morgan fingerprint density at radius 3 is 2.00 bits per heavy atom. The average molecular weight is 184 g/mol. The van der Waals surface area contributed by atoms with Crippen LogP contribution < -0.4 is 4.57 Å². The van der Waals surface area contributed by atoms with E-state index in [1.165, 1.54) is 16.8 Å². The van der Waals surface area contributed by atoms with E-state index < -0.39 is 0 Å². The molecule has 0 unspecified atom stereocenters. The van der Waals surface area contributed by atoms with Crippen molar-refractivity contribution in [1.29, 1.82) is 0 Å². The van der Waals surface area contributed by atoms with Gasteiger partial charge in [0, 0.05) is 23.3 Å². The molecule has 2 rings (SSSR count). The molecule has 0 fully saturated rings. The Labute approximate surface area is 84.6 Å². The van der Waals surface area contributed by atoms with Crippen LogP contribution >= 0.6 is 0 Å². The number of aryl methyl sites for hydroxylation is 2. The molecule has 1 heteroatoms. The summed E-state index contributed by atoms with van der Waals surface area (Å²) in [6.45, 7) is 4.24. The third kappa shape index (κ3) is 1.82. The standard InChI is InChI=1S/C13H14N/c1-11-8-12(2)10-14(9-11)13-6-4-3-5-7-13/h3-10H,1-2H3/q+1. The van der Waals surface area contributed by atoms with E-state index in [0.29, 0.717) is 0 Å². The van der Waals surface area contributed by atoms with Gasteiger partial charge in [0.05, 0.1) is 0 Å². The number of benzene rings is 1. The van der Waals surface area contributed by atoms with Crippen LogP contribution in [0.1, 0.15) is 11.1 Å². The van der Waals surface area contributed by atoms with E-state index in [2.05, 4.69) is 61.1 Å². The fraction of sp³-hybridized carbons (Fsp3) is 0.154. The van der Waals surface area contributed by atoms with Crippen molar-refractivity contribution in [1.82, 2.24) is 0 Å². The van der Waals surface area contributed by atoms with Crippen LogP contribution in [0.5, 0.6) is 0 Å². The summed E-state index contributed by atoms with van der Waals surface area (Å²) in [5, 5.41) is 0. The Kier molecular flexibility index (Phi) is 2.32. The lowest BCUT2D eigenvalue weighted by Gasteiger charge is -1.98. The average Bonchev–Trinajstić information content (AvgIpc) is 2.18. The summed E-state index contributed by atoms with van der Waals surface area (Å²) in [5.74, 6) is 0. The van der Waals surface area contributed by atoms with Crippen LogP contribution in [0, 0.1) is 13.8 Å². The van der Waals surface area contributed by atoms with Crippen LogP contribution in [-0.2, 0) is 0 Å². The third-order valence-corrected chi connectivity index (χ3v) is 2.20. The molecule has 1 heterocycles. The highest BCUT2D eigenvalue weighted by atomic mass is 14.9. The molecule has 0 spiro atoms. The Balaban J connectivity index is 2.52. The van der Waals surface area contributed by atoms with Crippen molar-refractivity contribution < 1.29 is 4.57 Å². The van der Waals surface area contributed by atoms with Crippen molar-refractivity contribution >= 4 is 0 Å². The minimum atomic E-state index is 1.21. The number of pyridine rings is 1. The molecule has 0 bridgehead atoms. The van der Waals surface area contributed by atoms with Crippen LogP contribution in [0.4, 0.5) is 0 Å². The number of hydrogen-bond donors (Lipinski definition) is 0. The van der Waals surface area contributed by atoms with Crippen molar-refractivity contribution in [2.45, 2.75) is 13.8 Å². The van der Waals surface area contributed by atoms with Crippen LogP contribution in [0.3, 0.4) is 0 Å². The van der Waals surface area contributed by atoms with Crippen molar-refractivity contribution in [3.63, 3.8) is 0 Å². The smallest absolute Gasteiger partial charge is 0.167 e. The highest BCUT2D eigenvalue weighted by Crippen LogP contribution is 2.02. The minimum Gasteiger partial charge on any atom is -0.167 e. The predicted molar refractivity (Wildman–Crippen MR) is 57.4 cm³/mol. The van der Waals surface area contributed by atoms with Gasteiger partial charge in [0.1, 0.15) is 0 Å². The van der Waals surface area contributed by atoms with Gasteiger partial charge in [-0.3, -0.25) is 0 Å². The number of rotatable bonds is 1. The first-order valence-corrected chi connectivity index (χ1v) is 4.81. The molecule has 70 valence electrons. The largest absolute Gasteiger partial charge is 0.210 e. The van der Waals surface area contributed by atoms with Crippen LogP contribution in [0.25, 0.3) is 5.69 Å². The fourth-order valence-corrected chi connectivity index (χ4v) is 1.66. The normalized spacial score (nSPS) is 10.1. The van der Waals surface area contributed by atoms with Crippen molar-refractivity contribution in [2.24, 2.45) is 0 Å². The first-order valence-electron chi connectivity index (χ1n) is 4.81. The van der Waals surface area contributed by atoms with E-state index in [9.17, 15) is 0 Å². The summed E-state index contributed by atoms with van der Waals surface area (Å²) >= 11 is 0. The second-order valence-corrected chi connectivity index (χ2v) is 3.63. The third-order valence-electron chi connectivity index (χ3n) is 2.20. The topological polar surface area (TPSA) is 3.88 Å². The summed E-state index contributed by atoms with van der Waals surface area (Å²) < 4.78 is 2.16. The van der Waals surface area contributed by atoms with E-state index in [-0.39, 0.29) is 0 Å². The van der Waals surface area contributed by atoms with E-state index in [4.69, 9.17) is 0 Å². The van der Waals surface area contributed by atoms with Gasteiger partial charge in [-0.05, 0) is 19.9 Å². The molecule has 2 aromatic rings. The molecule has 0 N–H and O–H groups in total. The molecule has 0 saturated carbocycles. The molecule has 1 aromatic heterocycles. The lowest BCUT2D eigenvalue weighted by Crippen LogP contribution is -2.30.